The molecule has 7 heteroatoms. The lowest BCUT2D eigenvalue weighted by atomic mass is 9.94. The zero-order valence-electron chi connectivity index (χ0n) is 16.5. The third kappa shape index (κ3) is 4.04. The van der Waals surface area contributed by atoms with Crippen LogP contribution in [-0.2, 0) is 9.59 Å². The Morgan fingerprint density at radius 3 is 2.38 bits per heavy atom. The number of halogens is 1. The Morgan fingerprint density at radius 2 is 1.66 bits per heavy atom. The number of likely N-dealkylation sites (tertiary alicyclic amines) is 1. The molecule has 1 aliphatic carbocycles. The van der Waals surface area contributed by atoms with Crippen LogP contribution >= 0.6 is 11.6 Å². The zero-order chi connectivity index (χ0) is 20.4. The maximum Gasteiger partial charge on any atom is 0.279 e. The lowest BCUT2D eigenvalue weighted by Gasteiger charge is -2.29. The molecule has 0 bridgehead atoms. The van der Waals surface area contributed by atoms with Gasteiger partial charge in [0.25, 0.3) is 17.7 Å². The van der Waals surface area contributed by atoms with Crippen LogP contribution in [0.4, 0.5) is 5.69 Å². The van der Waals surface area contributed by atoms with Crippen molar-refractivity contribution in [3.8, 4) is 0 Å². The first-order chi connectivity index (χ1) is 14.1. The van der Waals surface area contributed by atoms with Gasteiger partial charge in [-0.05, 0) is 50.3 Å². The molecule has 0 radical (unpaired) electrons. The van der Waals surface area contributed by atoms with Gasteiger partial charge in [-0.2, -0.15) is 0 Å². The number of benzene rings is 1. The smallest absolute Gasteiger partial charge is 0.279 e. The summed E-state index contributed by atoms with van der Waals surface area (Å²) in [6, 6.07) is 6.95. The van der Waals surface area contributed by atoms with Gasteiger partial charge in [-0.1, -0.05) is 36.9 Å². The Hall–Kier alpha value is -2.34. The van der Waals surface area contributed by atoms with Crippen molar-refractivity contribution >= 4 is 35.0 Å². The largest absolute Gasteiger partial charge is 0.350 e. The fourth-order valence-electron chi connectivity index (χ4n) is 4.45. The van der Waals surface area contributed by atoms with E-state index in [-0.39, 0.29) is 28.6 Å². The van der Waals surface area contributed by atoms with Crippen molar-refractivity contribution in [1.82, 2.24) is 9.80 Å². The molecule has 6 nitrogen and oxygen atoms in total. The molecule has 3 aliphatic rings. The van der Waals surface area contributed by atoms with Crippen LogP contribution in [0.15, 0.2) is 35.0 Å². The van der Waals surface area contributed by atoms with Gasteiger partial charge in [-0.25, -0.2) is 0 Å². The second-order valence-corrected chi connectivity index (χ2v) is 8.40. The van der Waals surface area contributed by atoms with E-state index in [1.807, 2.05) is 4.90 Å². The normalized spacial score (nSPS) is 21.1. The number of anilines is 1. The molecule has 1 aromatic rings. The van der Waals surface area contributed by atoms with Gasteiger partial charge in [-0.15, -0.1) is 0 Å². The van der Waals surface area contributed by atoms with Gasteiger partial charge in [0, 0.05) is 30.4 Å². The highest BCUT2D eigenvalue weighted by Gasteiger charge is 2.42. The molecule has 0 atom stereocenters. The number of nitrogens with zero attached hydrogens (tertiary/aromatic N) is 2. The Kier molecular flexibility index (Phi) is 5.90. The number of amides is 3. The minimum atomic E-state index is -0.424. The van der Waals surface area contributed by atoms with Crippen LogP contribution in [0.1, 0.15) is 61.7 Å². The van der Waals surface area contributed by atoms with Gasteiger partial charge in [0.2, 0.25) is 0 Å². The molecule has 1 N–H and O–H groups in total. The van der Waals surface area contributed by atoms with Crippen molar-refractivity contribution in [2.75, 3.05) is 18.4 Å². The second-order valence-electron chi connectivity index (χ2n) is 8.02. The molecule has 154 valence electrons. The van der Waals surface area contributed by atoms with E-state index in [1.165, 1.54) is 4.90 Å². The summed E-state index contributed by atoms with van der Waals surface area (Å²) in [7, 11) is 0. The highest BCUT2D eigenvalue weighted by Crippen LogP contribution is 2.32. The van der Waals surface area contributed by atoms with Crippen LogP contribution in [-0.4, -0.2) is 46.7 Å². The second kappa shape index (κ2) is 8.57. The molecule has 4 rings (SSSR count). The van der Waals surface area contributed by atoms with E-state index in [9.17, 15) is 14.4 Å². The first-order valence-electron chi connectivity index (χ1n) is 10.5. The number of carbonyl (C=O) groups excluding carboxylic acids is 3. The van der Waals surface area contributed by atoms with Gasteiger partial charge >= 0.3 is 0 Å². The number of nitrogens with one attached hydrogen (secondary N) is 1. The average Bonchev–Trinajstić information content (AvgIpc) is 2.98. The quantitative estimate of drug-likeness (QED) is 0.757. The van der Waals surface area contributed by atoms with E-state index in [1.54, 1.807) is 24.3 Å². The minimum Gasteiger partial charge on any atom is -0.350 e. The monoisotopic (exact) mass is 415 g/mol. The molecule has 2 heterocycles. The fraction of sp³-hybridized carbons (Fsp3) is 0.500. The average molecular weight is 416 g/mol. The Labute approximate surface area is 175 Å². The van der Waals surface area contributed by atoms with Crippen LogP contribution in [0.5, 0.6) is 0 Å². The van der Waals surface area contributed by atoms with Crippen molar-refractivity contribution < 1.29 is 14.4 Å². The predicted molar refractivity (Wildman–Crippen MR) is 111 cm³/mol. The summed E-state index contributed by atoms with van der Waals surface area (Å²) in [4.78, 5) is 41.5. The van der Waals surface area contributed by atoms with Crippen LogP contribution < -0.4 is 5.32 Å². The SMILES string of the molecule is O=C(c1cccc(NC2=C(Cl)C(=O)N(C3CCCCC3)C2=O)c1)N1CCCCC1. The molecular formula is C22H26ClN3O3. The first-order valence-corrected chi connectivity index (χ1v) is 10.9. The number of imide groups is 1. The third-order valence-electron chi connectivity index (χ3n) is 6.02. The summed E-state index contributed by atoms with van der Waals surface area (Å²) < 4.78 is 0. The van der Waals surface area contributed by atoms with Gasteiger partial charge in [-0.3, -0.25) is 19.3 Å². The van der Waals surface area contributed by atoms with Crippen molar-refractivity contribution in [2.24, 2.45) is 0 Å². The van der Waals surface area contributed by atoms with Gasteiger partial charge in [0.15, 0.2) is 0 Å². The number of hydrogen-bond acceptors (Lipinski definition) is 4. The predicted octanol–water partition coefficient (Wildman–Crippen LogP) is 3.88. The molecule has 0 aromatic heterocycles. The van der Waals surface area contributed by atoms with Crippen molar-refractivity contribution in [2.45, 2.75) is 57.4 Å². The van der Waals surface area contributed by atoms with E-state index in [0.717, 1.165) is 64.5 Å². The molecule has 0 spiro atoms. The Bertz CT molecular complexity index is 855. The molecule has 0 unspecified atom stereocenters. The van der Waals surface area contributed by atoms with Crippen molar-refractivity contribution in [3.63, 3.8) is 0 Å². The summed E-state index contributed by atoms with van der Waals surface area (Å²) in [5.41, 5.74) is 1.24. The summed E-state index contributed by atoms with van der Waals surface area (Å²) in [5.74, 6) is -0.808. The number of piperidine rings is 1. The lowest BCUT2D eigenvalue weighted by Crippen LogP contribution is -2.42. The Morgan fingerprint density at radius 1 is 0.966 bits per heavy atom. The van der Waals surface area contributed by atoms with Crippen LogP contribution in [0.3, 0.4) is 0 Å². The standard InChI is InChI=1S/C22H26ClN3O3/c23-18-19(22(29)26(21(18)28)17-10-3-1-4-11-17)24-16-9-7-8-15(14-16)20(27)25-12-5-2-6-13-25/h7-9,14,17,24H,1-6,10-13H2. The van der Waals surface area contributed by atoms with Gasteiger partial charge in [0.05, 0.1) is 0 Å². The number of rotatable bonds is 4. The van der Waals surface area contributed by atoms with Crippen molar-refractivity contribution in [1.29, 1.82) is 0 Å². The molecule has 2 fully saturated rings. The summed E-state index contributed by atoms with van der Waals surface area (Å²) in [5, 5.41) is 2.93. The first kappa shape index (κ1) is 20.0. The highest BCUT2D eigenvalue weighted by atomic mass is 35.5. The summed E-state index contributed by atoms with van der Waals surface area (Å²) in [6.45, 7) is 1.55. The van der Waals surface area contributed by atoms with E-state index < -0.39 is 5.91 Å². The molecule has 1 saturated heterocycles. The van der Waals surface area contributed by atoms with E-state index in [4.69, 9.17) is 11.6 Å². The van der Waals surface area contributed by atoms with Crippen molar-refractivity contribution in [3.05, 3.63) is 40.6 Å². The highest BCUT2D eigenvalue weighted by molar-refractivity contribution is 6.48. The van der Waals surface area contributed by atoms with Crippen LogP contribution in [0.25, 0.3) is 0 Å². The maximum atomic E-state index is 12.9. The molecular weight excluding hydrogens is 390 g/mol. The zero-order valence-corrected chi connectivity index (χ0v) is 17.2. The number of carbonyl (C=O) groups is 3. The number of hydrogen-bond donors (Lipinski definition) is 1. The van der Waals surface area contributed by atoms with E-state index in [0.29, 0.717) is 11.3 Å². The topological polar surface area (TPSA) is 69.7 Å². The molecule has 29 heavy (non-hydrogen) atoms. The van der Waals surface area contributed by atoms with Gasteiger partial charge in [0.1, 0.15) is 10.7 Å². The van der Waals surface area contributed by atoms with Gasteiger partial charge < -0.3 is 10.2 Å². The summed E-state index contributed by atoms with van der Waals surface area (Å²) >= 11 is 6.24. The molecule has 1 saturated carbocycles. The van der Waals surface area contributed by atoms with E-state index in [2.05, 4.69) is 5.32 Å². The molecule has 1 aromatic carbocycles. The fourth-order valence-corrected chi connectivity index (χ4v) is 4.67. The third-order valence-corrected chi connectivity index (χ3v) is 6.37. The maximum absolute atomic E-state index is 12.9. The molecule has 2 aliphatic heterocycles. The lowest BCUT2D eigenvalue weighted by molar-refractivity contribution is -0.140. The van der Waals surface area contributed by atoms with E-state index >= 15 is 0 Å². The Balaban J connectivity index is 1.50. The summed E-state index contributed by atoms with van der Waals surface area (Å²) in [6.07, 6.45) is 8.04. The van der Waals surface area contributed by atoms with Crippen LogP contribution in [0, 0.1) is 0 Å². The molecule has 3 amide bonds. The van der Waals surface area contributed by atoms with Crippen LogP contribution in [0.2, 0.25) is 0 Å². The minimum absolute atomic E-state index is 0.00826.